The van der Waals surface area contributed by atoms with Crippen molar-refractivity contribution in [2.45, 2.75) is 30.6 Å². The summed E-state index contributed by atoms with van der Waals surface area (Å²) in [5, 5.41) is -3.66. The summed E-state index contributed by atoms with van der Waals surface area (Å²) in [6.07, 6.45) is -8.12. The van der Waals surface area contributed by atoms with Crippen LogP contribution < -0.4 is 5.32 Å². The van der Waals surface area contributed by atoms with Gasteiger partial charge in [0.2, 0.25) is 5.83 Å². The molecule has 0 aliphatic carbocycles. The number of nitrogens with one attached hydrogen (secondary N) is 1. The molecule has 0 bridgehead atoms. The minimum Gasteiger partial charge on any atom is -0.410 e. The molecule has 0 heterocycles. The van der Waals surface area contributed by atoms with Crippen LogP contribution in [0.2, 0.25) is 0 Å². The highest BCUT2D eigenvalue weighted by Gasteiger charge is 2.66. The van der Waals surface area contributed by atoms with Crippen LogP contribution in [-0.2, 0) is 34.0 Å². The monoisotopic (exact) mass is 445 g/mol. The summed E-state index contributed by atoms with van der Waals surface area (Å²) in [4.78, 5) is 33.8. The van der Waals surface area contributed by atoms with Gasteiger partial charge in [0.05, 0.1) is 19.6 Å². The lowest BCUT2D eigenvalue weighted by molar-refractivity contribution is -0.348. The minimum atomic E-state index is -6.06. The maximum atomic E-state index is 13.4. The summed E-state index contributed by atoms with van der Waals surface area (Å²) in [6, 6.07) is 0. The summed E-state index contributed by atoms with van der Waals surface area (Å²) in [7, 11) is -6.06. The first kappa shape index (κ1) is 25.8. The van der Waals surface area contributed by atoms with E-state index in [-0.39, 0.29) is 0 Å². The Morgan fingerprint density at radius 2 is 1.64 bits per heavy atom. The van der Waals surface area contributed by atoms with Crippen molar-refractivity contribution in [3.63, 3.8) is 0 Å². The van der Waals surface area contributed by atoms with E-state index in [9.17, 15) is 49.1 Å². The second-order valence-corrected chi connectivity index (χ2v) is 6.55. The molecule has 0 rings (SSSR count). The summed E-state index contributed by atoms with van der Waals surface area (Å²) < 4.78 is 116. The third-order valence-corrected chi connectivity index (χ3v) is 3.66. The summed E-state index contributed by atoms with van der Waals surface area (Å²) in [5.74, 6) is -12.6. The van der Waals surface area contributed by atoms with Gasteiger partial charge in [0, 0.05) is 0 Å². The minimum absolute atomic E-state index is 0.832. The smallest absolute Gasteiger partial charge is 0.410 e. The molecule has 0 radical (unpaired) electrons. The molecule has 0 saturated carbocycles. The number of carbonyl (C=O) groups excluding carboxylic acids is 3. The molecule has 2 N–H and O–H groups in total. The Balaban J connectivity index is 5.91. The first-order valence-electron chi connectivity index (χ1n) is 6.78. The number of rotatable bonds is 10. The van der Waals surface area contributed by atoms with Crippen LogP contribution in [0.5, 0.6) is 0 Å². The predicted molar refractivity (Wildman–Crippen MR) is 75.9 cm³/mol. The highest BCUT2D eigenvalue weighted by atomic mass is 32.2. The molecule has 162 valence electrons. The van der Waals surface area contributed by atoms with Crippen molar-refractivity contribution < 1.29 is 63.2 Å². The van der Waals surface area contributed by atoms with Crippen LogP contribution in [0.3, 0.4) is 0 Å². The number of alkyl halides is 5. The van der Waals surface area contributed by atoms with Crippen molar-refractivity contribution in [2.75, 3.05) is 13.2 Å². The molecule has 0 aromatic carbocycles. The van der Waals surface area contributed by atoms with Gasteiger partial charge >= 0.3 is 39.2 Å². The lowest BCUT2D eigenvalue weighted by Crippen LogP contribution is -2.62. The van der Waals surface area contributed by atoms with Gasteiger partial charge in [-0.2, -0.15) is 34.8 Å². The molecule has 16 heteroatoms. The summed E-state index contributed by atoms with van der Waals surface area (Å²) >= 11 is 0. The van der Waals surface area contributed by atoms with Crippen molar-refractivity contribution in [2.24, 2.45) is 0 Å². The van der Waals surface area contributed by atoms with Crippen LogP contribution in [0.25, 0.3) is 0 Å². The van der Waals surface area contributed by atoms with Gasteiger partial charge in [-0.15, -0.1) is 0 Å². The van der Waals surface area contributed by atoms with Crippen LogP contribution in [0.1, 0.15) is 13.3 Å². The topological polar surface area (TPSA) is 136 Å². The largest absolute Gasteiger partial charge is 0.466 e. The fraction of sp³-hybridized carbons (Fsp3) is 0.583. The second kappa shape index (κ2) is 8.87. The van der Waals surface area contributed by atoms with Gasteiger partial charge in [-0.05, 0) is 6.92 Å². The number of ether oxygens (including phenoxy) is 2. The Labute approximate surface area is 153 Å². The predicted octanol–water partition coefficient (Wildman–Crippen LogP) is 0.864. The van der Waals surface area contributed by atoms with E-state index >= 15 is 0 Å². The fourth-order valence-electron chi connectivity index (χ4n) is 1.36. The van der Waals surface area contributed by atoms with Gasteiger partial charge in [-0.25, -0.2) is 4.79 Å². The Hall–Kier alpha value is -2.20. The average molecular weight is 445 g/mol. The van der Waals surface area contributed by atoms with Crippen molar-refractivity contribution >= 4 is 27.8 Å². The Morgan fingerprint density at radius 3 is 2.00 bits per heavy atom. The number of hydrogen-bond donors (Lipinski definition) is 2. The summed E-state index contributed by atoms with van der Waals surface area (Å²) in [6.45, 7) is 0.185. The average Bonchev–Trinajstić information content (AvgIpc) is 2.48. The Morgan fingerprint density at radius 1 is 1.14 bits per heavy atom. The zero-order valence-corrected chi connectivity index (χ0v) is 14.6. The quantitative estimate of drug-likeness (QED) is 0.166. The van der Waals surface area contributed by atoms with Crippen LogP contribution >= 0.6 is 0 Å². The van der Waals surface area contributed by atoms with Crippen LogP contribution in [0.4, 0.5) is 26.3 Å². The Kier molecular flexibility index (Phi) is 8.17. The number of ketones is 1. The molecule has 0 spiro atoms. The molecule has 1 atom stereocenters. The molecule has 1 unspecified atom stereocenters. The van der Waals surface area contributed by atoms with Crippen LogP contribution in [0, 0.1) is 0 Å². The van der Waals surface area contributed by atoms with E-state index in [1.807, 2.05) is 0 Å². The van der Waals surface area contributed by atoms with Gasteiger partial charge in [0.15, 0.2) is 0 Å². The van der Waals surface area contributed by atoms with Gasteiger partial charge in [-0.3, -0.25) is 14.1 Å². The maximum absolute atomic E-state index is 13.4. The highest BCUT2D eigenvalue weighted by molar-refractivity contribution is 7.86. The molecule has 0 saturated heterocycles. The zero-order valence-electron chi connectivity index (χ0n) is 13.8. The lowest BCUT2D eigenvalue weighted by Gasteiger charge is -2.33. The van der Waals surface area contributed by atoms with Gasteiger partial charge in [0.1, 0.15) is 5.78 Å². The normalized spacial score (nSPS) is 14.7. The van der Waals surface area contributed by atoms with E-state index < -0.39 is 70.4 Å². The van der Waals surface area contributed by atoms with Crippen LogP contribution in [0.15, 0.2) is 12.4 Å². The molecule has 0 aliphatic rings. The maximum Gasteiger partial charge on any atom is 0.466 e. The number of amides is 1. The number of Topliss-reactive ketones (excluding diaryl/α,β-unsaturated/α-hetero) is 1. The third-order valence-electron chi connectivity index (χ3n) is 2.70. The van der Waals surface area contributed by atoms with Gasteiger partial charge in [-0.1, -0.05) is 6.58 Å². The van der Waals surface area contributed by atoms with Crippen LogP contribution in [-0.4, -0.2) is 61.0 Å². The zero-order chi connectivity index (χ0) is 22.6. The molecule has 9 nitrogen and oxygen atoms in total. The number of hydrogen-bond acceptors (Lipinski definition) is 7. The molecule has 0 fully saturated rings. The van der Waals surface area contributed by atoms with E-state index in [0.29, 0.717) is 0 Å². The fourth-order valence-corrected chi connectivity index (χ4v) is 1.70. The van der Waals surface area contributed by atoms with E-state index in [4.69, 9.17) is 4.55 Å². The van der Waals surface area contributed by atoms with E-state index in [1.165, 1.54) is 5.32 Å². The molecule has 1 amide bonds. The van der Waals surface area contributed by atoms with Crippen molar-refractivity contribution in [1.29, 1.82) is 0 Å². The van der Waals surface area contributed by atoms with Crippen molar-refractivity contribution in [3.05, 3.63) is 12.4 Å². The number of esters is 1. The van der Waals surface area contributed by atoms with E-state index in [2.05, 4.69) is 16.1 Å². The highest BCUT2D eigenvalue weighted by Crippen LogP contribution is 2.37. The number of carbonyl (C=O) groups is 3. The van der Waals surface area contributed by atoms with Gasteiger partial charge < -0.3 is 14.8 Å². The number of halogens is 6. The molecular weight excluding hydrogens is 432 g/mol. The van der Waals surface area contributed by atoms with E-state index in [0.717, 1.165) is 6.92 Å². The standard InChI is InChI=1S/C12H13F6NO8S/c1-6(20)5-19-9(22)11(12(16,17)18,27-8(21)7(2)13)26-4-3-10(14,15)28(23,24)25/h2-5H2,1H3,(H,19,22)(H,23,24,25). The molecular formula is C12H13F6NO8S. The first-order valence-corrected chi connectivity index (χ1v) is 8.22. The molecule has 0 aliphatic heterocycles. The SMILES string of the molecule is C=C(F)C(=O)OC(OCCC(F)(F)S(=O)(=O)O)(C(=O)NCC(C)=O)C(F)(F)F. The molecule has 0 aromatic rings. The lowest BCUT2D eigenvalue weighted by atomic mass is 10.2. The second-order valence-electron chi connectivity index (χ2n) is 5.00. The Bertz CT molecular complexity index is 750. The van der Waals surface area contributed by atoms with Gasteiger partial charge in [0.25, 0.3) is 0 Å². The first-order chi connectivity index (χ1) is 12.4. The summed E-state index contributed by atoms with van der Waals surface area (Å²) in [5.41, 5.74) is 0. The van der Waals surface area contributed by atoms with Crippen molar-refractivity contribution in [1.82, 2.24) is 5.32 Å². The van der Waals surface area contributed by atoms with E-state index in [1.54, 1.807) is 0 Å². The molecule has 0 aromatic heterocycles. The van der Waals surface area contributed by atoms with Crippen molar-refractivity contribution in [3.8, 4) is 0 Å². The third kappa shape index (κ3) is 6.45. The molecule has 28 heavy (non-hydrogen) atoms.